The van der Waals surface area contributed by atoms with Crippen molar-refractivity contribution in [3.8, 4) is 0 Å². The third kappa shape index (κ3) is 7.98. The number of halogens is 1. The molecule has 0 bridgehead atoms. The molecule has 1 aromatic heterocycles. The van der Waals surface area contributed by atoms with Gasteiger partial charge in [-0.05, 0) is 72.5 Å². The molecule has 2 rings (SSSR count). The Balaban J connectivity index is 1.83. The lowest BCUT2D eigenvalue weighted by Crippen LogP contribution is -2.20. The summed E-state index contributed by atoms with van der Waals surface area (Å²) in [5, 5.41) is 30.9. The second kappa shape index (κ2) is 12.0. The standard InChI is InChI=1S/C22H32BrNO4S/c1-14-12-16(29-22(14)23)10-8-15(25)9-11-18-17(19(26)13-20(18)27)6-4-2-3-5-7-21(24)28/h2,4,9,11-12,15,17-20,25-27H,3,5-8,10,13H2,1H3,(H2,24,28)/t15?,17-,18-,19?,20?/m1/s1. The summed E-state index contributed by atoms with van der Waals surface area (Å²) < 4.78 is 1.13. The number of aliphatic hydroxyl groups is 3. The molecule has 5 nitrogen and oxygen atoms in total. The number of primary amides is 1. The Morgan fingerprint density at radius 2 is 2.14 bits per heavy atom. The number of aliphatic hydroxyl groups excluding tert-OH is 3. The Hall–Kier alpha value is -0.990. The number of nitrogens with two attached hydrogens (primary N) is 1. The van der Waals surface area contributed by atoms with Gasteiger partial charge in [0.15, 0.2) is 0 Å². The summed E-state index contributed by atoms with van der Waals surface area (Å²) in [6, 6.07) is 2.13. The molecule has 162 valence electrons. The largest absolute Gasteiger partial charge is 0.393 e. The van der Waals surface area contributed by atoms with Crippen molar-refractivity contribution in [2.24, 2.45) is 17.6 Å². The number of hydrogen-bond donors (Lipinski definition) is 4. The van der Waals surface area contributed by atoms with Crippen LogP contribution in [0.3, 0.4) is 0 Å². The number of amides is 1. The van der Waals surface area contributed by atoms with E-state index in [9.17, 15) is 20.1 Å². The monoisotopic (exact) mass is 485 g/mol. The molecule has 0 aromatic carbocycles. The minimum atomic E-state index is -0.599. The van der Waals surface area contributed by atoms with E-state index in [0.717, 1.165) is 23.0 Å². The molecule has 7 heteroatoms. The van der Waals surface area contributed by atoms with Crippen molar-refractivity contribution in [3.63, 3.8) is 0 Å². The van der Waals surface area contributed by atoms with Crippen LogP contribution in [0.5, 0.6) is 0 Å². The van der Waals surface area contributed by atoms with Crippen LogP contribution in [0.25, 0.3) is 0 Å². The Bertz CT molecular complexity index is 698. The smallest absolute Gasteiger partial charge is 0.217 e. The van der Waals surface area contributed by atoms with Gasteiger partial charge in [-0.2, -0.15) is 0 Å². The quantitative estimate of drug-likeness (QED) is 0.283. The molecule has 0 aliphatic heterocycles. The van der Waals surface area contributed by atoms with Crippen molar-refractivity contribution in [1.29, 1.82) is 0 Å². The lowest BCUT2D eigenvalue weighted by Gasteiger charge is -2.19. The Morgan fingerprint density at radius 3 is 2.79 bits per heavy atom. The number of unbranched alkanes of at least 4 members (excludes halogenated alkanes) is 1. The van der Waals surface area contributed by atoms with Crippen LogP contribution in [0.4, 0.5) is 0 Å². The first-order valence-electron chi connectivity index (χ1n) is 10.2. The van der Waals surface area contributed by atoms with Gasteiger partial charge in [0.25, 0.3) is 0 Å². The maximum Gasteiger partial charge on any atom is 0.217 e. The summed E-state index contributed by atoms with van der Waals surface area (Å²) in [5.41, 5.74) is 6.34. The first-order chi connectivity index (χ1) is 13.8. The molecule has 1 aliphatic carbocycles. The highest BCUT2D eigenvalue weighted by Crippen LogP contribution is 2.36. The van der Waals surface area contributed by atoms with Crippen molar-refractivity contribution >= 4 is 33.2 Å². The number of rotatable bonds is 11. The average Bonchev–Trinajstić information content (AvgIpc) is 3.11. The average molecular weight is 486 g/mol. The maximum atomic E-state index is 10.7. The van der Waals surface area contributed by atoms with Gasteiger partial charge in [-0.25, -0.2) is 0 Å². The fourth-order valence-electron chi connectivity index (χ4n) is 3.76. The van der Waals surface area contributed by atoms with E-state index in [2.05, 4.69) is 28.9 Å². The highest BCUT2D eigenvalue weighted by atomic mass is 79.9. The molecule has 1 heterocycles. The number of carbonyl (C=O) groups excluding carboxylic acids is 1. The van der Waals surface area contributed by atoms with Crippen LogP contribution >= 0.6 is 27.3 Å². The number of allylic oxidation sites excluding steroid dienone is 2. The van der Waals surface area contributed by atoms with Crippen molar-refractivity contribution in [3.05, 3.63) is 44.6 Å². The first kappa shape index (κ1) is 24.3. The lowest BCUT2D eigenvalue weighted by molar-refractivity contribution is -0.118. The molecule has 0 spiro atoms. The van der Waals surface area contributed by atoms with Gasteiger partial charge in [0.2, 0.25) is 5.91 Å². The highest BCUT2D eigenvalue weighted by molar-refractivity contribution is 9.11. The molecule has 0 saturated heterocycles. The van der Waals surface area contributed by atoms with E-state index in [1.165, 1.54) is 10.4 Å². The molecular weight excluding hydrogens is 454 g/mol. The zero-order valence-corrected chi connectivity index (χ0v) is 19.2. The second-order valence-corrected chi connectivity index (χ2v) is 10.3. The van der Waals surface area contributed by atoms with Crippen LogP contribution in [0.2, 0.25) is 0 Å². The van der Waals surface area contributed by atoms with E-state index in [1.807, 2.05) is 18.2 Å². The molecule has 1 aliphatic rings. The second-order valence-electron chi connectivity index (χ2n) is 7.84. The third-order valence-corrected chi connectivity index (χ3v) is 7.63. The third-order valence-electron chi connectivity index (χ3n) is 5.43. The van der Waals surface area contributed by atoms with Gasteiger partial charge in [-0.15, -0.1) is 11.3 Å². The Kier molecular flexibility index (Phi) is 10.1. The maximum absolute atomic E-state index is 10.7. The van der Waals surface area contributed by atoms with E-state index in [1.54, 1.807) is 17.4 Å². The van der Waals surface area contributed by atoms with Gasteiger partial charge in [-0.3, -0.25) is 4.79 Å². The van der Waals surface area contributed by atoms with Crippen LogP contribution in [0.15, 0.2) is 34.2 Å². The van der Waals surface area contributed by atoms with Crippen molar-refractivity contribution < 1.29 is 20.1 Å². The Labute approximate surface area is 185 Å². The summed E-state index contributed by atoms with van der Waals surface area (Å²) in [6.07, 6.45) is 10.2. The molecule has 1 amide bonds. The zero-order chi connectivity index (χ0) is 21.4. The molecule has 5 N–H and O–H groups in total. The SMILES string of the molecule is Cc1cc(CCC(O)C=C[C@H]2C(O)CC(O)[C@@H]2CC=CCCCC(N)=O)sc1Br. The van der Waals surface area contributed by atoms with E-state index in [-0.39, 0.29) is 17.7 Å². The number of thiophene rings is 1. The molecular formula is C22H32BrNO4S. The molecule has 1 fully saturated rings. The minimum absolute atomic E-state index is 0.0725. The van der Waals surface area contributed by atoms with Crippen molar-refractivity contribution in [2.75, 3.05) is 0 Å². The predicted molar refractivity (Wildman–Crippen MR) is 121 cm³/mol. The summed E-state index contributed by atoms with van der Waals surface area (Å²) in [7, 11) is 0. The molecule has 5 atom stereocenters. The van der Waals surface area contributed by atoms with Gasteiger partial charge >= 0.3 is 0 Å². The topological polar surface area (TPSA) is 104 Å². The van der Waals surface area contributed by atoms with E-state index < -0.39 is 18.3 Å². The molecule has 1 aromatic rings. The van der Waals surface area contributed by atoms with Gasteiger partial charge in [0, 0.05) is 23.6 Å². The van der Waals surface area contributed by atoms with Crippen LogP contribution in [0, 0.1) is 18.8 Å². The molecule has 1 saturated carbocycles. The lowest BCUT2D eigenvalue weighted by atomic mass is 9.89. The van der Waals surface area contributed by atoms with Gasteiger partial charge in [-0.1, -0.05) is 24.3 Å². The fourth-order valence-corrected chi connectivity index (χ4v) is 5.41. The van der Waals surface area contributed by atoms with Crippen LogP contribution < -0.4 is 5.73 Å². The van der Waals surface area contributed by atoms with Gasteiger partial charge in [0.1, 0.15) is 0 Å². The first-order valence-corrected chi connectivity index (χ1v) is 11.8. The highest BCUT2D eigenvalue weighted by Gasteiger charge is 2.39. The predicted octanol–water partition coefficient (Wildman–Crippen LogP) is 3.63. The van der Waals surface area contributed by atoms with Crippen LogP contribution in [-0.2, 0) is 11.2 Å². The summed E-state index contributed by atoms with van der Waals surface area (Å²) in [5.74, 6) is -0.539. The number of aryl methyl sites for hydroxylation is 2. The van der Waals surface area contributed by atoms with Crippen molar-refractivity contribution in [1.82, 2.24) is 0 Å². The summed E-state index contributed by atoms with van der Waals surface area (Å²) in [6.45, 7) is 2.06. The van der Waals surface area contributed by atoms with Crippen LogP contribution in [0.1, 0.15) is 49.0 Å². The summed E-state index contributed by atoms with van der Waals surface area (Å²) in [4.78, 5) is 12.0. The minimum Gasteiger partial charge on any atom is -0.393 e. The van der Waals surface area contributed by atoms with Gasteiger partial charge in [0.05, 0.1) is 22.1 Å². The van der Waals surface area contributed by atoms with Crippen LogP contribution in [-0.4, -0.2) is 39.5 Å². The molecule has 29 heavy (non-hydrogen) atoms. The normalized spacial score (nSPS) is 26.0. The van der Waals surface area contributed by atoms with E-state index in [0.29, 0.717) is 25.7 Å². The zero-order valence-electron chi connectivity index (χ0n) is 16.8. The van der Waals surface area contributed by atoms with E-state index >= 15 is 0 Å². The Morgan fingerprint density at radius 1 is 1.38 bits per heavy atom. The fraction of sp³-hybridized carbons (Fsp3) is 0.591. The number of hydrogen-bond acceptors (Lipinski definition) is 5. The molecule has 3 unspecified atom stereocenters. The summed E-state index contributed by atoms with van der Waals surface area (Å²) >= 11 is 5.21. The van der Waals surface area contributed by atoms with E-state index in [4.69, 9.17) is 5.73 Å². The van der Waals surface area contributed by atoms with Crippen molar-refractivity contribution in [2.45, 2.75) is 70.2 Å². The van der Waals surface area contributed by atoms with Gasteiger partial charge < -0.3 is 21.1 Å². The number of carbonyl (C=O) groups is 1. The molecule has 0 radical (unpaired) electrons.